The van der Waals surface area contributed by atoms with Crippen LogP contribution in [0.2, 0.25) is 5.02 Å². The molecule has 0 saturated carbocycles. The number of nitrogens with zero attached hydrogens (tertiary/aromatic N) is 1. The molecule has 0 aromatic heterocycles. The standard InChI is InChI=1S/C10H14ClN3O3.ClH/c11-8-2-1-3-9(14(16)17)10(8)13-5-4-12-6-7-15;/h1-3,12-13,15H,4-7H2;1H/p-1. The topological polar surface area (TPSA) is 87.4 Å². The lowest BCUT2D eigenvalue weighted by molar-refractivity contribution is -0.383. The molecule has 1 aromatic carbocycles. The van der Waals surface area contributed by atoms with Gasteiger partial charge in [0, 0.05) is 25.7 Å². The molecule has 8 heteroatoms. The number of para-hydroxylation sites is 1. The van der Waals surface area contributed by atoms with Crippen molar-refractivity contribution in [2.75, 3.05) is 31.6 Å². The number of aliphatic hydroxyl groups is 1. The fourth-order valence-electron chi connectivity index (χ4n) is 1.32. The van der Waals surface area contributed by atoms with Crippen molar-refractivity contribution in [2.45, 2.75) is 0 Å². The molecular weight excluding hydrogens is 281 g/mol. The summed E-state index contributed by atoms with van der Waals surface area (Å²) in [6, 6.07) is 4.53. The first-order chi connectivity index (χ1) is 8.16. The lowest BCUT2D eigenvalue weighted by Crippen LogP contribution is -3.00. The van der Waals surface area contributed by atoms with E-state index in [0.29, 0.717) is 30.3 Å². The minimum atomic E-state index is -0.477. The summed E-state index contributed by atoms with van der Waals surface area (Å²) in [6.07, 6.45) is 0. The number of nitro benzene ring substituents is 1. The summed E-state index contributed by atoms with van der Waals surface area (Å²) in [7, 11) is 0. The lowest BCUT2D eigenvalue weighted by Gasteiger charge is -2.09. The molecule has 0 atom stereocenters. The van der Waals surface area contributed by atoms with Gasteiger partial charge in [-0.1, -0.05) is 17.7 Å². The zero-order valence-corrected chi connectivity index (χ0v) is 11.0. The second-order valence-electron chi connectivity index (χ2n) is 3.29. The summed E-state index contributed by atoms with van der Waals surface area (Å²) >= 11 is 5.89. The smallest absolute Gasteiger partial charge is 0.293 e. The van der Waals surface area contributed by atoms with Gasteiger partial charge in [0.1, 0.15) is 5.69 Å². The van der Waals surface area contributed by atoms with Gasteiger partial charge in [-0.25, -0.2) is 0 Å². The van der Waals surface area contributed by atoms with Crippen molar-refractivity contribution in [1.82, 2.24) is 5.32 Å². The number of anilines is 1. The number of nitrogens with one attached hydrogen (secondary N) is 2. The molecule has 1 aromatic rings. The minimum Gasteiger partial charge on any atom is -1.00 e. The number of rotatable bonds is 7. The van der Waals surface area contributed by atoms with Crippen LogP contribution in [0.25, 0.3) is 0 Å². The van der Waals surface area contributed by atoms with Crippen LogP contribution in [0.3, 0.4) is 0 Å². The maximum Gasteiger partial charge on any atom is 0.293 e. The fraction of sp³-hybridized carbons (Fsp3) is 0.400. The van der Waals surface area contributed by atoms with Crippen LogP contribution < -0.4 is 23.0 Å². The van der Waals surface area contributed by atoms with E-state index in [4.69, 9.17) is 16.7 Å². The quantitative estimate of drug-likeness (QED) is 0.315. The summed E-state index contributed by atoms with van der Waals surface area (Å²) < 4.78 is 0. The highest BCUT2D eigenvalue weighted by atomic mass is 35.5. The average molecular weight is 295 g/mol. The average Bonchev–Trinajstić information content (AvgIpc) is 2.30. The van der Waals surface area contributed by atoms with Gasteiger partial charge in [-0.05, 0) is 6.07 Å². The van der Waals surface area contributed by atoms with Gasteiger partial charge in [0.25, 0.3) is 5.69 Å². The monoisotopic (exact) mass is 294 g/mol. The van der Waals surface area contributed by atoms with Gasteiger partial charge < -0.3 is 28.1 Å². The third-order valence-corrected chi connectivity index (χ3v) is 2.40. The van der Waals surface area contributed by atoms with E-state index in [1.54, 1.807) is 6.07 Å². The minimum absolute atomic E-state index is 0. The molecule has 0 unspecified atom stereocenters. The first-order valence-corrected chi connectivity index (χ1v) is 5.53. The van der Waals surface area contributed by atoms with Crippen LogP contribution in [-0.4, -0.2) is 36.3 Å². The first kappa shape index (κ1) is 16.9. The Balaban J connectivity index is 0.00000289. The second-order valence-corrected chi connectivity index (χ2v) is 3.70. The number of hydrogen-bond acceptors (Lipinski definition) is 5. The van der Waals surface area contributed by atoms with Crippen molar-refractivity contribution in [3.05, 3.63) is 33.3 Å². The van der Waals surface area contributed by atoms with Crippen molar-refractivity contribution in [3.63, 3.8) is 0 Å². The largest absolute Gasteiger partial charge is 1.00 e. The Morgan fingerprint density at radius 3 is 2.67 bits per heavy atom. The molecular formula is C10H14Cl2N3O3-. The zero-order valence-electron chi connectivity index (χ0n) is 9.53. The van der Waals surface area contributed by atoms with Crippen molar-refractivity contribution in [2.24, 2.45) is 0 Å². The van der Waals surface area contributed by atoms with E-state index < -0.39 is 4.92 Å². The molecule has 0 aliphatic rings. The van der Waals surface area contributed by atoms with E-state index in [2.05, 4.69) is 10.6 Å². The normalized spacial score (nSPS) is 9.67. The number of aliphatic hydroxyl groups excluding tert-OH is 1. The van der Waals surface area contributed by atoms with E-state index in [0.717, 1.165) is 0 Å². The molecule has 0 fully saturated rings. The summed E-state index contributed by atoms with van der Waals surface area (Å²) in [4.78, 5) is 10.3. The summed E-state index contributed by atoms with van der Waals surface area (Å²) in [6.45, 7) is 1.63. The Kier molecular flexibility index (Phi) is 8.40. The maximum absolute atomic E-state index is 10.8. The van der Waals surface area contributed by atoms with E-state index in [1.807, 2.05) is 0 Å². The summed E-state index contributed by atoms with van der Waals surface area (Å²) in [5, 5.41) is 25.5. The van der Waals surface area contributed by atoms with Crippen LogP contribution in [0, 0.1) is 10.1 Å². The highest BCUT2D eigenvalue weighted by molar-refractivity contribution is 6.33. The molecule has 3 N–H and O–H groups in total. The molecule has 102 valence electrons. The molecule has 18 heavy (non-hydrogen) atoms. The van der Waals surface area contributed by atoms with Gasteiger partial charge >= 0.3 is 0 Å². The van der Waals surface area contributed by atoms with Crippen molar-refractivity contribution < 1.29 is 22.4 Å². The molecule has 0 amide bonds. The Bertz CT molecular complexity index is 391. The van der Waals surface area contributed by atoms with Gasteiger partial charge in [-0.15, -0.1) is 0 Å². The molecule has 0 heterocycles. The van der Waals surface area contributed by atoms with Gasteiger partial charge in [-0.3, -0.25) is 10.1 Å². The molecule has 0 saturated heterocycles. The summed E-state index contributed by atoms with van der Waals surface area (Å²) in [5.41, 5.74) is 0.282. The Morgan fingerprint density at radius 1 is 1.33 bits per heavy atom. The molecule has 0 aliphatic heterocycles. The maximum atomic E-state index is 10.8. The highest BCUT2D eigenvalue weighted by Gasteiger charge is 2.15. The number of benzene rings is 1. The predicted molar refractivity (Wildman–Crippen MR) is 66.6 cm³/mol. The molecule has 0 aliphatic carbocycles. The summed E-state index contributed by atoms with van der Waals surface area (Å²) in [5.74, 6) is 0. The lowest BCUT2D eigenvalue weighted by atomic mass is 10.2. The van der Waals surface area contributed by atoms with Gasteiger partial charge in [0.05, 0.1) is 16.6 Å². The highest BCUT2D eigenvalue weighted by Crippen LogP contribution is 2.31. The van der Waals surface area contributed by atoms with Crippen LogP contribution in [-0.2, 0) is 0 Å². The Labute approximate surface area is 116 Å². The van der Waals surface area contributed by atoms with Gasteiger partial charge in [-0.2, -0.15) is 0 Å². The van der Waals surface area contributed by atoms with E-state index >= 15 is 0 Å². The van der Waals surface area contributed by atoms with Crippen LogP contribution in [0.1, 0.15) is 0 Å². The van der Waals surface area contributed by atoms with E-state index in [9.17, 15) is 10.1 Å². The number of hydrogen-bond donors (Lipinski definition) is 3. The first-order valence-electron chi connectivity index (χ1n) is 5.15. The van der Waals surface area contributed by atoms with E-state index in [-0.39, 0.29) is 24.7 Å². The SMILES string of the molecule is O=[N+]([O-])c1cccc(Cl)c1NCCNCCO.[Cl-]. The molecule has 0 spiro atoms. The molecule has 0 radical (unpaired) electrons. The van der Waals surface area contributed by atoms with Crippen LogP contribution in [0.15, 0.2) is 18.2 Å². The van der Waals surface area contributed by atoms with Crippen molar-refractivity contribution >= 4 is 23.0 Å². The van der Waals surface area contributed by atoms with Gasteiger partial charge in [0.2, 0.25) is 0 Å². The van der Waals surface area contributed by atoms with E-state index in [1.165, 1.54) is 12.1 Å². The Hall–Kier alpha value is -1.08. The van der Waals surface area contributed by atoms with Crippen LogP contribution in [0.5, 0.6) is 0 Å². The predicted octanol–water partition coefficient (Wildman–Crippen LogP) is -1.75. The Morgan fingerprint density at radius 2 is 2.06 bits per heavy atom. The van der Waals surface area contributed by atoms with Crippen molar-refractivity contribution in [1.29, 1.82) is 0 Å². The molecule has 0 bridgehead atoms. The fourth-order valence-corrected chi connectivity index (χ4v) is 1.56. The zero-order chi connectivity index (χ0) is 12.7. The third kappa shape index (κ3) is 5.05. The van der Waals surface area contributed by atoms with Crippen molar-refractivity contribution in [3.8, 4) is 0 Å². The second kappa shape index (κ2) is 8.93. The number of halogens is 2. The van der Waals surface area contributed by atoms with Crippen LogP contribution >= 0.6 is 11.6 Å². The number of nitro groups is 1. The molecule has 6 nitrogen and oxygen atoms in total. The molecule has 1 rings (SSSR count). The third-order valence-electron chi connectivity index (χ3n) is 2.08. The van der Waals surface area contributed by atoms with Gasteiger partial charge in [0.15, 0.2) is 0 Å². The van der Waals surface area contributed by atoms with Crippen LogP contribution in [0.4, 0.5) is 11.4 Å².